The molecule has 3 aliphatic heterocycles. The zero-order valence-electron chi connectivity index (χ0n) is 58.6. The number of aliphatic hydroxyl groups excluding tert-OH is 18. The number of aliphatic hydroxyl groups is 19. The number of ether oxygens (including phenoxy) is 8. The van der Waals surface area contributed by atoms with E-state index in [-0.39, 0.29) is 80.9 Å². The molecule has 4 saturated carbocycles. The highest BCUT2D eigenvalue weighted by molar-refractivity contribution is 5.29. The van der Waals surface area contributed by atoms with Gasteiger partial charge in [0, 0.05) is 40.1 Å². The molecule has 27 nitrogen and oxygen atoms in total. The van der Waals surface area contributed by atoms with E-state index in [0.717, 1.165) is 12.8 Å². The molecule has 17 unspecified atom stereocenters. The molecule has 0 radical (unpaired) electrons. The summed E-state index contributed by atoms with van der Waals surface area (Å²) in [6.07, 6.45) is -23.8. The monoisotopic (exact) mass is 1380 g/mol. The van der Waals surface area contributed by atoms with Gasteiger partial charge in [0.1, 0.15) is 96.7 Å². The first-order chi connectivity index (χ1) is 44.5. The maximum absolute atomic E-state index is 12.6. The molecule has 19 N–H and O–H groups in total. The summed E-state index contributed by atoms with van der Waals surface area (Å²) in [7, 11) is 0. The minimum atomic E-state index is -2.24. The molecule has 0 aromatic carbocycles. The highest BCUT2D eigenvalue weighted by atomic mass is 16.7. The van der Waals surface area contributed by atoms with Gasteiger partial charge in [0.15, 0.2) is 5.79 Å². The summed E-state index contributed by atoms with van der Waals surface area (Å²) >= 11 is 0. The molecule has 3 saturated heterocycles. The van der Waals surface area contributed by atoms with Gasteiger partial charge in [-0.25, -0.2) is 0 Å². The Morgan fingerprint density at radius 2 is 1.09 bits per heavy atom. The van der Waals surface area contributed by atoms with Gasteiger partial charge < -0.3 is 135 Å². The van der Waals surface area contributed by atoms with Crippen LogP contribution in [0.25, 0.3) is 0 Å². The van der Waals surface area contributed by atoms with E-state index in [1.54, 1.807) is 20.8 Å². The molecule has 0 bridgehead atoms. The number of hydrogen-bond donors (Lipinski definition) is 19. The van der Waals surface area contributed by atoms with Crippen LogP contribution in [-0.4, -0.2) is 307 Å². The largest absolute Gasteiger partial charge is 0.396 e. The van der Waals surface area contributed by atoms with Crippen LogP contribution in [0.2, 0.25) is 0 Å². The van der Waals surface area contributed by atoms with Crippen molar-refractivity contribution in [3.8, 4) is 0 Å². The molecule has 0 spiro atoms. The van der Waals surface area contributed by atoms with E-state index in [2.05, 4.69) is 47.6 Å². The summed E-state index contributed by atoms with van der Waals surface area (Å²) in [5, 5.41) is 208. The van der Waals surface area contributed by atoms with Crippen LogP contribution in [0.4, 0.5) is 0 Å². The van der Waals surface area contributed by atoms with Crippen molar-refractivity contribution < 1.29 is 135 Å². The molecule has 560 valence electrons. The zero-order valence-corrected chi connectivity index (χ0v) is 58.6. The molecule has 8 aliphatic rings. The Hall–Kier alpha value is -1.34. The van der Waals surface area contributed by atoms with Crippen LogP contribution in [-0.2, 0) is 37.9 Å². The molecule has 27 heteroatoms. The van der Waals surface area contributed by atoms with Crippen molar-refractivity contribution in [3.05, 3.63) is 11.6 Å². The molecular weight excluding hydrogens is 1260 g/mol. The van der Waals surface area contributed by atoms with Gasteiger partial charge in [-0.1, -0.05) is 67.0 Å². The Kier molecular flexibility index (Phi) is 25.4. The summed E-state index contributed by atoms with van der Waals surface area (Å²) < 4.78 is 50.0. The van der Waals surface area contributed by atoms with Gasteiger partial charge in [-0.15, -0.1) is 0 Å². The number of fused-ring (bicyclic) bond motifs is 3. The highest BCUT2D eigenvalue weighted by Gasteiger charge is 2.63. The van der Waals surface area contributed by atoms with Crippen molar-refractivity contribution >= 4 is 0 Å². The second-order valence-electron chi connectivity index (χ2n) is 33.3. The van der Waals surface area contributed by atoms with Crippen LogP contribution in [0.15, 0.2) is 11.6 Å². The second-order valence-corrected chi connectivity index (χ2v) is 33.3. The smallest absolute Gasteiger partial charge is 0.195 e. The number of allylic oxidation sites excluding steroid dienone is 1. The molecule has 0 aromatic heterocycles. The third-order valence-corrected chi connectivity index (χ3v) is 25.5. The fraction of sp³-hybridized carbons (Fsp3) is 0.971. The molecule has 8 rings (SSSR count). The Balaban J connectivity index is 0.914. The molecule has 96 heavy (non-hydrogen) atoms. The molecule has 7 fully saturated rings. The number of rotatable bonds is 25. The second kappa shape index (κ2) is 30.4. The molecular formula is C69H122O27. The van der Waals surface area contributed by atoms with Gasteiger partial charge in [-0.3, -0.25) is 0 Å². The summed E-state index contributed by atoms with van der Waals surface area (Å²) in [5.41, 5.74) is -6.73. The Bertz CT molecular complexity index is 2540. The predicted octanol–water partition coefficient (Wildman–Crippen LogP) is -2.08. The summed E-state index contributed by atoms with van der Waals surface area (Å²) in [4.78, 5) is 0. The predicted molar refractivity (Wildman–Crippen MR) is 342 cm³/mol. The average Bonchev–Trinajstić information content (AvgIpc) is 0.714. The van der Waals surface area contributed by atoms with Crippen LogP contribution in [0, 0.1) is 69.0 Å². The van der Waals surface area contributed by atoms with Crippen molar-refractivity contribution in [1.29, 1.82) is 0 Å². The van der Waals surface area contributed by atoms with Gasteiger partial charge in [-0.2, -0.15) is 0 Å². The Morgan fingerprint density at radius 3 is 1.69 bits per heavy atom. The maximum Gasteiger partial charge on any atom is 0.195 e. The lowest BCUT2D eigenvalue weighted by Gasteiger charge is -2.62. The zero-order chi connectivity index (χ0) is 71.7. The standard InChI is InChI=1S/C69H122O27/c1-32(14-18-46(63(6,7)88)92-31-67(11)61(96-69(13)60(87)55(82)50(77)42(25-72)95-69)56(83)51(78)43(94-67)27-90-30-66(10)59(86)54(81)49(76)41(24-71)93-66)33(2)37-20-44(73)68(12)38(34(37)3)15-16-39-40(68)17-19-45(62(39,4)5)91-29-65(9)22-36(48(75)53(80)58(65)85)26-89-28-64(8)21-35(23-70)47(74)52(79)57(64)84/h16,32-38,40-61,70-88H,14-15,17-31H2,1-13H3/t32?,33-,34-,35?,36?,37?,38?,40?,41?,42?,43?,44?,45?,46?,47+,48+,49-,50-,51-,52+,53+,54?,55?,56?,57?,58?,59+,60+,61+,64-,65-,66+,67+,68-,69+/m0/s1. The van der Waals surface area contributed by atoms with Crippen molar-refractivity contribution in [3.63, 3.8) is 0 Å². The first kappa shape index (κ1) is 80.3. The van der Waals surface area contributed by atoms with Crippen molar-refractivity contribution in [2.24, 2.45) is 69.0 Å². The minimum Gasteiger partial charge on any atom is -0.396 e. The van der Waals surface area contributed by atoms with Gasteiger partial charge >= 0.3 is 0 Å². The van der Waals surface area contributed by atoms with E-state index in [9.17, 15) is 97.0 Å². The van der Waals surface area contributed by atoms with E-state index in [0.29, 0.717) is 25.7 Å². The minimum absolute atomic E-state index is 0.0357. The fourth-order valence-corrected chi connectivity index (χ4v) is 18.6. The van der Waals surface area contributed by atoms with Crippen molar-refractivity contribution in [2.45, 2.75) is 292 Å². The molecule has 5 aliphatic carbocycles. The lowest BCUT2D eigenvalue weighted by atomic mass is 9.44. The van der Waals surface area contributed by atoms with Gasteiger partial charge in [0.25, 0.3) is 0 Å². The SMILES string of the molecule is CC(CCC(OC[C@@]1(C)OC(COC[C@@]2(C)OC(CO)[C@H](O)C(O)[C@H]2O)[C@H](O)C(O)[C@H]1O[C@@]1(C)OC(CO)[C@H](O)C(O)[C@H]1O)C(C)(C)O)[C@H](C)C1CC(O)[C@]2(C)C3CCC(OC[C@]4(C)CC(COC[C@]5(C)CC(CO)[C@@H](O)[C@@H](O)C5O)[C@@H](O)[C@@H](O)C4O)C(C)(C)C3=CCC2[C@H]1C. The van der Waals surface area contributed by atoms with E-state index in [4.69, 9.17) is 37.9 Å². The van der Waals surface area contributed by atoms with Crippen LogP contribution in [0.3, 0.4) is 0 Å². The van der Waals surface area contributed by atoms with Crippen LogP contribution in [0.5, 0.6) is 0 Å². The third-order valence-electron chi connectivity index (χ3n) is 25.5. The van der Waals surface area contributed by atoms with Crippen molar-refractivity contribution in [2.75, 3.05) is 59.5 Å². The molecule has 3 heterocycles. The van der Waals surface area contributed by atoms with Gasteiger partial charge in [0.2, 0.25) is 0 Å². The fourth-order valence-electron chi connectivity index (χ4n) is 18.6. The maximum atomic E-state index is 12.6. The normalized spacial score (nSPS) is 50.2. The van der Waals surface area contributed by atoms with E-state index in [1.165, 1.54) is 26.3 Å². The number of hydrogen-bond acceptors (Lipinski definition) is 27. The Morgan fingerprint density at radius 1 is 0.562 bits per heavy atom. The van der Waals surface area contributed by atoms with Gasteiger partial charge in [-0.05, 0) is 121 Å². The highest BCUT2D eigenvalue weighted by Crippen LogP contribution is 2.64. The van der Waals surface area contributed by atoms with E-state index < -0.39 is 211 Å². The topological polar surface area (TPSA) is 458 Å². The summed E-state index contributed by atoms with van der Waals surface area (Å²) in [6.45, 7) is 20.8. The van der Waals surface area contributed by atoms with Gasteiger partial charge in [0.05, 0.1) is 101 Å². The lowest BCUT2D eigenvalue weighted by molar-refractivity contribution is -0.402. The molecule has 0 aromatic rings. The average molecular weight is 1380 g/mol. The van der Waals surface area contributed by atoms with E-state index >= 15 is 0 Å². The lowest BCUT2D eigenvalue weighted by Crippen LogP contribution is -2.72. The van der Waals surface area contributed by atoms with E-state index in [1.807, 2.05) is 6.92 Å². The third kappa shape index (κ3) is 15.3. The summed E-state index contributed by atoms with van der Waals surface area (Å²) in [5.74, 6) is -2.94. The van der Waals surface area contributed by atoms with Crippen molar-refractivity contribution in [1.82, 2.24) is 0 Å². The quantitative estimate of drug-likeness (QED) is 0.0436. The molecule has 0 amide bonds. The van der Waals surface area contributed by atoms with Crippen LogP contribution >= 0.6 is 0 Å². The van der Waals surface area contributed by atoms with Crippen LogP contribution < -0.4 is 0 Å². The Labute approximate surface area is 565 Å². The van der Waals surface area contributed by atoms with Crippen LogP contribution in [0.1, 0.15) is 141 Å². The first-order valence-corrected chi connectivity index (χ1v) is 35.0. The first-order valence-electron chi connectivity index (χ1n) is 35.0. The summed E-state index contributed by atoms with van der Waals surface area (Å²) in [6, 6.07) is 0. The molecule has 35 atom stereocenters.